The van der Waals surface area contributed by atoms with Crippen LogP contribution in [0.2, 0.25) is 18.1 Å². The lowest BCUT2D eigenvalue weighted by atomic mass is 10.2. The largest absolute Gasteiger partial charge is 0.485 e. The molecule has 0 aromatic rings. The minimum Gasteiger partial charge on any atom is -0.485 e. The van der Waals surface area contributed by atoms with Crippen LogP contribution in [0.5, 0.6) is 0 Å². The van der Waals surface area contributed by atoms with Gasteiger partial charge in [0, 0.05) is 0 Å². The Morgan fingerprint density at radius 3 is 2.50 bits per heavy atom. The Morgan fingerprint density at radius 1 is 1.32 bits per heavy atom. The topological polar surface area (TPSA) is 36.9 Å². The second-order valence-corrected chi connectivity index (χ2v) is 12.4. The predicted molar refractivity (Wildman–Crippen MR) is 91.3 cm³/mol. The van der Waals surface area contributed by atoms with Crippen LogP contribution in [0.15, 0.2) is 17.6 Å². The highest BCUT2D eigenvalue weighted by Gasteiger charge is 2.39. The molecule has 128 valence electrons. The van der Waals surface area contributed by atoms with Crippen LogP contribution in [0.3, 0.4) is 0 Å². The van der Waals surface area contributed by atoms with E-state index >= 15 is 0 Å². The van der Waals surface area contributed by atoms with Gasteiger partial charge in [-0.1, -0.05) is 26.5 Å². The maximum Gasteiger partial charge on any atom is 0.192 e. The van der Waals surface area contributed by atoms with E-state index in [2.05, 4.69) is 39.6 Å². The number of hydrogen-bond donors (Lipinski definition) is 0. The number of ether oxygens (including phenoxy) is 3. The summed E-state index contributed by atoms with van der Waals surface area (Å²) in [6, 6.07) is 0. The Hall–Kier alpha value is -0.583. The molecular weight excluding hydrogens is 296 g/mol. The first-order valence-corrected chi connectivity index (χ1v) is 10.9. The van der Waals surface area contributed by atoms with Crippen molar-refractivity contribution >= 4 is 8.32 Å². The summed E-state index contributed by atoms with van der Waals surface area (Å²) in [7, 11) is -1.80. The average molecular weight is 329 g/mol. The second kappa shape index (κ2) is 7.80. The molecule has 1 rings (SSSR count). The predicted octanol–water partition coefficient (Wildman–Crippen LogP) is 4.23. The molecule has 5 heteroatoms. The van der Waals surface area contributed by atoms with Crippen molar-refractivity contribution in [2.75, 3.05) is 13.2 Å². The van der Waals surface area contributed by atoms with Crippen molar-refractivity contribution in [2.45, 2.75) is 78.2 Å². The number of rotatable bonds is 5. The van der Waals surface area contributed by atoms with E-state index in [1.165, 1.54) is 0 Å². The zero-order valence-corrected chi connectivity index (χ0v) is 16.4. The summed E-state index contributed by atoms with van der Waals surface area (Å²) in [5, 5.41) is 0.183. The molecule has 3 atom stereocenters. The van der Waals surface area contributed by atoms with Crippen LogP contribution in [0.25, 0.3) is 0 Å². The second-order valence-electron chi connectivity index (χ2n) is 7.58. The van der Waals surface area contributed by atoms with Crippen LogP contribution in [0.1, 0.15) is 41.5 Å². The SMILES string of the molecule is CC(C)=C=CO[C@@H]1CO[C@H](C)O[C@@H]1CO[Si](C)(C)C(C)(C)C. The average Bonchev–Trinajstić information content (AvgIpc) is 2.37. The lowest BCUT2D eigenvalue weighted by Gasteiger charge is -2.40. The van der Waals surface area contributed by atoms with E-state index in [1.54, 1.807) is 6.26 Å². The maximum absolute atomic E-state index is 6.28. The third kappa shape index (κ3) is 5.90. The molecule has 0 bridgehead atoms. The number of hydrogen-bond acceptors (Lipinski definition) is 4. The lowest BCUT2D eigenvalue weighted by molar-refractivity contribution is -0.250. The summed E-state index contributed by atoms with van der Waals surface area (Å²) < 4.78 is 23.4. The molecule has 0 N–H and O–H groups in total. The van der Waals surface area contributed by atoms with E-state index in [0.717, 1.165) is 5.57 Å². The summed E-state index contributed by atoms with van der Waals surface area (Å²) in [5.41, 5.74) is 4.12. The molecule has 0 saturated carbocycles. The summed E-state index contributed by atoms with van der Waals surface area (Å²) in [4.78, 5) is 0. The maximum atomic E-state index is 6.28. The van der Waals surface area contributed by atoms with Crippen molar-refractivity contribution in [3.05, 3.63) is 17.6 Å². The van der Waals surface area contributed by atoms with Gasteiger partial charge in [0.25, 0.3) is 0 Å². The summed E-state index contributed by atoms with van der Waals surface area (Å²) in [6.45, 7) is 18.1. The van der Waals surface area contributed by atoms with Gasteiger partial charge in [0.2, 0.25) is 0 Å². The van der Waals surface area contributed by atoms with Crippen molar-refractivity contribution in [2.24, 2.45) is 0 Å². The van der Waals surface area contributed by atoms with E-state index in [-0.39, 0.29) is 23.5 Å². The zero-order valence-electron chi connectivity index (χ0n) is 15.4. The minimum atomic E-state index is -1.80. The van der Waals surface area contributed by atoms with Crippen LogP contribution < -0.4 is 0 Å². The van der Waals surface area contributed by atoms with Crippen LogP contribution >= 0.6 is 0 Å². The van der Waals surface area contributed by atoms with Crippen molar-refractivity contribution in [3.8, 4) is 0 Å². The van der Waals surface area contributed by atoms with E-state index < -0.39 is 8.32 Å². The van der Waals surface area contributed by atoms with Gasteiger partial charge in [-0.25, -0.2) is 0 Å². The van der Waals surface area contributed by atoms with Gasteiger partial charge in [0.15, 0.2) is 20.7 Å². The highest BCUT2D eigenvalue weighted by molar-refractivity contribution is 6.74. The highest BCUT2D eigenvalue weighted by Crippen LogP contribution is 2.37. The molecular formula is C17H32O4Si. The van der Waals surface area contributed by atoms with Crippen LogP contribution in [-0.4, -0.2) is 40.0 Å². The van der Waals surface area contributed by atoms with Gasteiger partial charge in [0.05, 0.1) is 13.2 Å². The first-order valence-electron chi connectivity index (χ1n) is 7.98. The molecule has 1 aliphatic rings. The Balaban J connectivity index is 2.68. The van der Waals surface area contributed by atoms with Gasteiger partial charge in [-0.2, -0.15) is 0 Å². The summed E-state index contributed by atoms with van der Waals surface area (Å²) >= 11 is 0. The third-order valence-electron chi connectivity index (χ3n) is 4.28. The van der Waals surface area contributed by atoms with Gasteiger partial charge in [-0.05, 0) is 44.5 Å². The fraction of sp³-hybridized carbons (Fsp3) is 0.824. The fourth-order valence-electron chi connectivity index (χ4n) is 1.73. The lowest BCUT2D eigenvalue weighted by Crippen LogP contribution is -2.49. The van der Waals surface area contributed by atoms with Gasteiger partial charge in [-0.15, -0.1) is 0 Å². The minimum absolute atomic E-state index is 0.118. The van der Waals surface area contributed by atoms with Crippen LogP contribution in [0.4, 0.5) is 0 Å². The molecule has 0 radical (unpaired) electrons. The van der Waals surface area contributed by atoms with Crippen molar-refractivity contribution in [3.63, 3.8) is 0 Å². The molecule has 1 saturated heterocycles. The molecule has 1 fully saturated rings. The zero-order chi connectivity index (χ0) is 17.0. The Kier molecular flexibility index (Phi) is 6.90. The first-order chi connectivity index (χ1) is 10.0. The van der Waals surface area contributed by atoms with Gasteiger partial charge in [0.1, 0.15) is 12.4 Å². The number of allylic oxidation sites excluding steroid dienone is 1. The summed E-state index contributed by atoms with van der Waals surface area (Å²) in [6.07, 6.45) is 1.10. The molecule has 22 heavy (non-hydrogen) atoms. The molecule has 4 nitrogen and oxygen atoms in total. The van der Waals surface area contributed by atoms with Crippen LogP contribution in [0, 0.1) is 0 Å². The van der Waals surface area contributed by atoms with E-state index in [0.29, 0.717) is 13.2 Å². The smallest absolute Gasteiger partial charge is 0.192 e. The molecule has 1 aliphatic heterocycles. The van der Waals surface area contributed by atoms with Crippen LogP contribution in [-0.2, 0) is 18.6 Å². The molecule has 0 aromatic carbocycles. The molecule has 0 aliphatic carbocycles. The monoisotopic (exact) mass is 328 g/mol. The van der Waals surface area contributed by atoms with E-state index in [1.807, 2.05) is 20.8 Å². The first kappa shape index (κ1) is 19.5. The Bertz CT molecular complexity index is 415. The molecule has 0 aromatic heterocycles. The molecule has 0 unspecified atom stereocenters. The van der Waals surface area contributed by atoms with Crippen molar-refractivity contribution < 1.29 is 18.6 Å². The Morgan fingerprint density at radius 2 is 1.95 bits per heavy atom. The standard InChI is InChI=1S/C17H32O4Si/c1-13(2)9-10-18-15-11-19-14(3)21-16(15)12-20-22(7,8)17(4,5)6/h10,14-16H,11-12H2,1-8H3/t14-,15+,16+/m0/s1. The van der Waals surface area contributed by atoms with Gasteiger partial charge >= 0.3 is 0 Å². The van der Waals surface area contributed by atoms with Crippen molar-refractivity contribution in [1.82, 2.24) is 0 Å². The normalized spacial score (nSPS) is 26.3. The molecule has 0 amide bonds. The Labute approximate surface area is 136 Å². The van der Waals surface area contributed by atoms with Gasteiger partial charge in [-0.3, -0.25) is 0 Å². The molecule has 1 heterocycles. The quantitative estimate of drug-likeness (QED) is 0.430. The third-order valence-corrected chi connectivity index (χ3v) is 8.78. The fourth-order valence-corrected chi connectivity index (χ4v) is 2.74. The molecule has 0 spiro atoms. The van der Waals surface area contributed by atoms with E-state index in [9.17, 15) is 0 Å². The highest BCUT2D eigenvalue weighted by atomic mass is 28.4. The van der Waals surface area contributed by atoms with E-state index in [4.69, 9.17) is 18.6 Å². The summed E-state index contributed by atoms with van der Waals surface area (Å²) in [5.74, 6) is 0. The van der Waals surface area contributed by atoms with Gasteiger partial charge < -0.3 is 18.6 Å². The van der Waals surface area contributed by atoms with Crippen molar-refractivity contribution in [1.29, 1.82) is 0 Å².